The van der Waals surface area contributed by atoms with E-state index >= 15 is 0 Å². The minimum Gasteiger partial charge on any atom is -0.305 e. The van der Waals surface area contributed by atoms with Crippen LogP contribution in [0.2, 0.25) is 0 Å². The van der Waals surface area contributed by atoms with Gasteiger partial charge < -0.3 is 4.84 Å². The van der Waals surface area contributed by atoms with E-state index in [-0.39, 0.29) is 37.2 Å². The number of aryl methyl sites for hydroxylation is 1. The van der Waals surface area contributed by atoms with E-state index in [1.54, 1.807) is 7.11 Å². The van der Waals surface area contributed by atoms with Crippen molar-refractivity contribution in [3.63, 3.8) is 0 Å². The van der Waals surface area contributed by atoms with Crippen LogP contribution in [0.5, 0.6) is 0 Å². The van der Waals surface area contributed by atoms with Gasteiger partial charge in [0.05, 0.1) is 7.11 Å². The summed E-state index contributed by atoms with van der Waals surface area (Å²) in [6.45, 7) is 0. The maximum atomic E-state index is 4.95. The van der Waals surface area contributed by atoms with Crippen molar-refractivity contribution in [1.29, 1.82) is 0 Å². The van der Waals surface area contributed by atoms with Gasteiger partial charge in [-0.2, -0.15) is 5.48 Å². The SMILES string of the molecule is CONC1CCc2ccccc2C1.Cl.Cl.Cl. The summed E-state index contributed by atoms with van der Waals surface area (Å²) < 4.78 is 0. The average Bonchev–Trinajstić information content (AvgIpc) is 2.18. The topological polar surface area (TPSA) is 21.3 Å². The van der Waals surface area contributed by atoms with E-state index < -0.39 is 0 Å². The molecule has 0 aliphatic heterocycles. The fourth-order valence-electron chi connectivity index (χ4n) is 1.97. The lowest BCUT2D eigenvalue weighted by Crippen LogP contribution is -2.33. The predicted octanol–water partition coefficient (Wildman–Crippen LogP) is 2.96. The van der Waals surface area contributed by atoms with Crippen LogP contribution < -0.4 is 5.48 Å². The summed E-state index contributed by atoms with van der Waals surface area (Å²) in [5.41, 5.74) is 5.98. The second-order valence-corrected chi connectivity index (χ2v) is 3.53. The fraction of sp³-hybridized carbons (Fsp3) is 0.455. The molecule has 0 aromatic heterocycles. The standard InChI is InChI=1S/C11H15NO.3ClH/c1-13-12-11-7-6-9-4-2-3-5-10(9)8-11;;;/h2-5,11-12H,6-8H2,1H3;3*1H. The van der Waals surface area contributed by atoms with Gasteiger partial charge in [-0.05, 0) is 30.4 Å². The van der Waals surface area contributed by atoms with Crippen molar-refractivity contribution in [3.05, 3.63) is 35.4 Å². The van der Waals surface area contributed by atoms with Crippen LogP contribution in [0.15, 0.2) is 24.3 Å². The molecule has 0 heterocycles. The van der Waals surface area contributed by atoms with Crippen LogP contribution in [0, 0.1) is 0 Å². The third-order valence-corrected chi connectivity index (χ3v) is 2.63. The maximum absolute atomic E-state index is 4.95. The molecule has 94 valence electrons. The molecule has 1 aromatic carbocycles. The number of hydroxylamine groups is 1. The van der Waals surface area contributed by atoms with Crippen molar-refractivity contribution in [2.45, 2.75) is 25.3 Å². The second kappa shape index (κ2) is 9.08. The number of rotatable bonds is 2. The Morgan fingerprint density at radius 2 is 1.75 bits per heavy atom. The van der Waals surface area contributed by atoms with Crippen molar-refractivity contribution >= 4 is 37.2 Å². The number of fused-ring (bicyclic) bond motifs is 1. The summed E-state index contributed by atoms with van der Waals surface area (Å²) in [4.78, 5) is 4.95. The molecule has 2 rings (SSSR count). The number of hydrogen-bond acceptors (Lipinski definition) is 2. The molecule has 16 heavy (non-hydrogen) atoms. The Kier molecular flexibility index (Phi) is 10.4. The number of hydrogen-bond donors (Lipinski definition) is 1. The van der Waals surface area contributed by atoms with E-state index in [1.165, 1.54) is 17.5 Å². The van der Waals surface area contributed by atoms with Crippen LogP contribution in [0.1, 0.15) is 17.5 Å². The van der Waals surface area contributed by atoms with E-state index in [4.69, 9.17) is 4.84 Å². The Bertz CT molecular complexity index is 296. The van der Waals surface area contributed by atoms with Gasteiger partial charge in [0, 0.05) is 6.04 Å². The summed E-state index contributed by atoms with van der Waals surface area (Å²) in [6.07, 6.45) is 3.42. The molecule has 5 heteroatoms. The monoisotopic (exact) mass is 285 g/mol. The van der Waals surface area contributed by atoms with Crippen LogP contribution in [0.25, 0.3) is 0 Å². The summed E-state index contributed by atoms with van der Waals surface area (Å²) in [7, 11) is 1.68. The Morgan fingerprint density at radius 3 is 2.38 bits per heavy atom. The fourth-order valence-corrected chi connectivity index (χ4v) is 1.97. The Balaban J connectivity index is 0. The summed E-state index contributed by atoms with van der Waals surface area (Å²) in [5.74, 6) is 0. The highest BCUT2D eigenvalue weighted by Gasteiger charge is 2.17. The Labute approximate surface area is 115 Å². The Hall–Kier alpha value is 0.01000. The highest BCUT2D eigenvalue weighted by molar-refractivity contribution is 5.86. The zero-order chi connectivity index (χ0) is 9.10. The van der Waals surface area contributed by atoms with Gasteiger partial charge in [0.1, 0.15) is 0 Å². The van der Waals surface area contributed by atoms with Crippen molar-refractivity contribution in [1.82, 2.24) is 5.48 Å². The van der Waals surface area contributed by atoms with Crippen LogP contribution in [0.4, 0.5) is 0 Å². The van der Waals surface area contributed by atoms with Gasteiger partial charge in [0.2, 0.25) is 0 Å². The second-order valence-electron chi connectivity index (χ2n) is 3.53. The molecule has 2 nitrogen and oxygen atoms in total. The summed E-state index contributed by atoms with van der Waals surface area (Å²) in [6, 6.07) is 9.13. The molecule has 0 saturated carbocycles. The maximum Gasteiger partial charge on any atom is 0.0572 e. The third-order valence-electron chi connectivity index (χ3n) is 2.63. The highest BCUT2D eigenvalue weighted by Crippen LogP contribution is 2.20. The summed E-state index contributed by atoms with van der Waals surface area (Å²) >= 11 is 0. The lowest BCUT2D eigenvalue weighted by atomic mass is 9.89. The highest BCUT2D eigenvalue weighted by atomic mass is 35.5. The van der Waals surface area contributed by atoms with E-state index in [0.29, 0.717) is 6.04 Å². The van der Waals surface area contributed by atoms with Crippen LogP contribution >= 0.6 is 37.2 Å². The molecule has 1 aliphatic rings. The van der Waals surface area contributed by atoms with Gasteiger partial charge in [-0.3, -0.25) is 0 Å². The molecule has 0 saturated heterocycles. The molecule has 0 amide bonds. The molecule has 0 fully saturated rings. The van der Waals surface area contributed by atoms with E-state index in [9.17, 15) is 0 Å². The zero-order valence-electron chi connectivity index (χ0n) is 9.14. The van der Waals surface area contributed by atoms with Crippen molar-refractivity contribution in [2.75, 3.05) is 7.11 Å². The van der Waals surface area contributed by atoms with Gasteiger partial charge in [-0.1, -0.05) is 24.3 Å². The number of benzene rings is 1. The van der Waals surface area contributed by atoms with Gasteiger partial charge >= 0.3 is 0 Å². The largest absolute Gasteiger partial charge is 0.305 e. The first-order valence-corrected chi connectivity index (χ1v) is 4.75. The van der Waals surface area contributed by atoms with Crippen LogP contribution in [0.3, 0.4) is 0 Å². The Morgan fingerprint density at radius 1 is 1.12 bits per heavy atom. The van der Waals surface area contributed by atoms with Crippen LogP contribution in [-0.4, -0.2) is 13.2 Å². The first-order valence-electron chi connectivity index (χ1n) is 4.75. The smallest absolute Gasteiger partial charge is 0.0572 e. The van der Waals surface area contributed by atoms with Crippen molar-refractivity contribution < 1.29 is 4.84 Å². The van der Waals surface area contributed by atoms with E-state index in [0.717, 1.165) is 12.8 Å². The van der Waals surface area contributed by atoms with E-state index in [1.807, 2.05) is 0 Å². The van der Waals surface area contributed by atoms with Crippen LogP contribution in [-0.2, 0) is 17.7 Å². The van der Waals surface area contributed by atoms with E-state index in [2.05, 4.69) is 29.7 Å². The molecule has 1 atom stereocenters. The summed E-state index contributed by atoms with van der Waals surface area (Å²) in [5, 5.41) is 0. The molecule has 1 N–H and O–H groups in total. The molecule has 1 unspecified atom stereocenters. The molecule has 0 radical (unpaired) electrons. The van der Waals surface area contributed by atoms with Crippen molar-refractivity contribution in [2.24, 2.45) is 0 Å². The van der Waals surface area contributed by atoms with Gasteiger partial charge in [0.15, 0.2) is 0 Å². The number of halogens is 3. The molecular formula is C11H18Cl3NO. The predicted molar refractivity (Wildman–Crippen MR) is 74.1 cm³/mol. The minimum absolute atomic E-state index is 0. The minimum atomic E-state index is 0. The van der Waals surface area contributed by atoms with Gasteiger partial charge in [-0.25, -0.2) is 0 Å². The molecule has 1 aromatic rings. The molecule has 0 spiro atoms. The van der Waals surface area contributed by atoms with Gasteiger partial charge in [-0.15, -0.1) is 37.2 Å². The van der Waals surface area contributed by atoms with Gasteiger partial charge in [0.25, 0.3) is 0 Å². The van der Waals surface area contributed by atoms with Crippen molar-refractivity contribution in [3.8, 4) is 0 Å². The normalized spacial score (nSPS) is 17.2. The third kappa shape index (κ3) is 4.48. The first kappa shape index (κ1) is 18.4. The quantitative estimate of drug-likeness (QED) is 0.844. The first-order chi connectivity index (χ1) is 6.40. The average molecular weight is 287 g/mol. The molecule has 0 bridgehead atoms. The number of nitrogens with one attached hydrogen (secondary N) is 1. The molecule has 1 aliphatic carbocycles. The lowest BCUT2D eigenvalue weighted by Gasteiger charge is -2.24. The molecular weight excluding hydrogens is 268 g/mol. The lowest BCUT2D eigenvalue weighted by molar-refractivity contribution is 0.0565. The zero-order valence-corrected chi connectivity index (χ0v) is 11.6.